The van der Waals surface area contributed by atoms with Crippen molar-refractivity contribution in [2.75, 3.05) is 7.11 Å². The zero-order chi connectivity index (χ0) is 12.4. The number of thiazole rings is 1. The van der Waals surface area contributed by atoms with Gasteiger partial charge in [0, 0.05) is 11.3 Å². The number of nitrogens with zero attached hydrogens (tertiary/aromatic N) is 3. The lowest BCUT2D eigenvalue weighted by molar-refractivity contribution is 0.0556. The van der Waals surface area contributed by atoms with E-state index in [4.69, 9.17) is 4.42 Å². The molecule has 0 aliphatic carbocycles. The van der Waals surface area contributed by atoms with Crippen LogP contribution in [0.3, 0.4) is 0 Å². The molecule has 0 bridgehead atoms. The lowest BCUT2D eigenvalue weighted by Gasteiger charge is -1.95. The molecule has 0 aliphatic heterocycles. The highest BCUT2D eigenvalue weighted by molar-refractivity contribution is 7.10. The van der Waals surface area contributed by atoms with Crippen molar-refractivity contribution in [3.8, 4) is 11.6 Å². The van der Waals surface area contributed by atoms with Crippen molar-refractivity contribution < 1.29 is 13.9 Å². The highest BCUT2D eigenvalue weighted by Crippen LogP contribution is 2.25. The maximum atomic E-state index is 11.1. The number of carbonyl (C=O) groups excluding carboxylic acids is 1. The molecule has 90 valence electrons. The van der Waals surface area contributed by atoms with Crippen molar-refractivity contribution in [2.24, 2.45) is 0 Å². The lowest BCUT2D eigenvalue weighted by Crippen LogP contribution is -2.00. The van der Waals surface area contributed by atoms with Gasteiger partial charge < -0.3 is 9.15 Å². The first-order chi connectivity index (χ1) is 8.11. The molecule has 0 N–H and O–H groups in total. The van der Waals surface area contributed by atoms with Crippen molar-refractivity contribution in [3.05, 3.63) is 16.3 Å². The van der Waals surface area contributed by atoms with Crippen LogP contribution in [0.25, 0.3) is 11.6 Å². The summed E-state index contributed by atoms with van der Waals surface area (Å²) in [5.74, 6) is -0.241. The minimum Gasteiger partial charge on any atom is -0.462 e. The molecule has 7 heteroatoms. The Balaban J connectivity index is 2.27. The van der Waals surface area contributed by atoms with E-state index in [0.29, 0.717) is 11.6 Å². The first kappa shape index (κ1) is 11.7. The second-order valence-electron chi connectivity index (χ2n) is 3.63. The Morgan fingerprint density at radius 3 is 2.82 bits per heavy atom. The van der Waals surface area contributed by atoms with E-state index in [9.17, 15) is 4.79 Å². The number of hydrogen-bond acceptors (Lipinski definition) is 7. The molecule has 0 aliphatic rings. The van der Waals surface area contributed by atoms with E-state index in [1.165, 1.54) is 18.4 Å². The molecule has 0 spiro atoms. The van der Waals surface area contributed by atoms with Gasteiger partial charge in [-0.1, -0.05) is 13.8 Å². The molecule has 2 aromatic rings. The molecule has 0 atom stereocenters. The third-order valence-electron chi connectivity index (χ3n) is 2.02. The van der Waals surface area contributed by atoms with Crippen LogP contribution in [0, 0.1) is 0 Å². The highest BCUT2D eigenvalue weighted by Gasteiger charge is 2.18. The minimum atomic E-state index is -0.650. The van der Waals surface area contributed by atoms with Crippen LogP contribution in [0.15, 0.2) is 9.80 Å². The summed E-state index contributed by atoms with van der Waals surface area (Å²) in [5, 5.41) is 10.2. The topological polar surface area (TPSA) is 78.1 Å². The Morgan fingerprint density at radius 1 is 1.47 bits per heavy atom. The van der Waals surface area contributed by atoms with E-state index in [-0.39, 0.29) is 11.8 Å². The van der Waals surface area contributed by atoms with E-state index in [2.05, 4.69) is 33.8 Å². The van der Waals surface area contributed by atoms with Gasteiger partial charge in [-0.05, 0) is 0 Å². The monoisotopic (exact) mass is 253 g/mol. The molecule has 0 fully saturated rings. The number of ether oxygens (including phenoxy) is 1. The molecule has 0 saturated carbocycles. The summed E-state index contributed by atoms with van der Waals surface area (Å²) in [7, 11) is 1.26. The Hall–Kier alpha value is -1.76. The molecule has 0 unspecified atom stereocenters. The van der Waals surface area contributed by atoms with Gasteiger partial charge in [-0.25, -0.2) is 9.78 Å². The van der Waals surface area contributed by atoms with Crippen LogP contribution >= 0.6 is 11.3 Å². The van der Waals surface area contributed by atoms with Gasteiger partial charge in [0.05, 0.1) is 12.1 Å². The van der Waals surface area contributed by atoms with Crippen molar-refractivity contribution in [3.63, 3.8) is 0 Å². The first-order valence-corrected chi connectivity index (χ1v) is 5.87. The van der Waals surface area contributed by atoms with Gasteiger partial charge in [-0.15, -0.1) is 21.5 Å². The quantitative estimate of drug-likeness (QED) is 0.779. The smallest absolute Gasteiger partial charge is 0.396 e. The normalized spacial score (nSPS) is 10.8. The number of aromatic nitrogens is 3. The summed E-state index contributed by atoms with van der Waals surface area (Å²) in [6.07, 6.45) is 0. The molecule has 17 heavy (non-hydrogen) atoms. The Bertz CT molecular complexity index is 532. The summed E-state index contributed by atoms with van der Waals surface area (Å²) in [5.41, 5.74) is 0.585. The molecular weight excluding hydrogens is 242 g/mol. The number of carbonyl (C=O) groups is 1. The molecule has 0 aromatic carbocycles. The summed E-state index contributed by atoms with van der Waals surface area (Å²) >= 11 is 1.52. The molecule has 2 heterocycles. The maximum Gasteiger partial charge on any atom is 0.396 e. The van der Waals surface area contributed by atoms with Gasteiger partial charge in [0.15, 0.2) is 0 Å². The van der Waals surface area contributed by atoms with Crippen molar-refractivity contribution >= 4 is 17.3 Å². The SMILES string of the molecule is COC(=O)c1nnc(-c2csc(C(C)C)n2)o1. The average molecular weight is 253 g/mol. The molecule has 0 saturated heterocycles. The molecular formula is C10H11N3O3S. The van der Waals surface area contributed by atoms with Gasteiger partial charge in [-0.2, -0.15) is 0 Å². The van der Waals surface area contributed by atoms with Gasteiger partial charge in [0.1, 0.15) is 5.69 Å². The second kappa shape index (κ2) is 4.62. The Kier molecular flexibility index (Phi) is 3.19. The van der Waals surface area contributed by atoms with E-state index >= 15 is 0 Å². The molecule has 0 radical (unpaired) electrons. The lowest BCUT2D eigenvalue weighted by atomic mass is 10.2. The van der Waals surface area contributed by atoms with Gasteiger partial charge in [0.2, 0.25) is 0 Å². The summed E-state index contributed by atoms with van der Waals surface area (Å²) in [6, 6.07) is 0. The summed E-state index contributed by atoms with van der Waals surface area (Å²) in [6.45, 7) is 4.10. The van der Waals surface area contributed by atoms with Crippen molar-refractivity contribution in [1.82, 2.24) is 15.2 Å². The third kappa shape index (κ3) is 2.33. The van der Waals surface area contributed by atoms with Crippen molar-refractivity contribution in [2.45, 2.75) is 19.8 Å². The van der Waals surface area contributed by atoms with E-state index in [1.54, 1.807) is 0 Å². The van der Waals surface area contributed by atoms with Crippen LogP contribution in [0.2, 0.25) is 0 Å². The largest absolute Gasteiger partial charge is 0.462 e. The highest BCUT2D eigenvalue weighted by atomic mass is 32.1. The summed E-state index contributed by atoms with van der Waals surface area (Å²) in [4.78, 5) is 15.5. The molecule has 6 nitrogen and oxygen atoms in total. The number of esters is 1. The first-order valence-electron chi connectivity index (χ1n) is 4.99. The standard InChI is InChI=1S/C10H11N3O3S/c1-5(2)9-11-6(4-17-9)7-12-13-8(16-7)10(14)15-3/h4-5H,1-3H3. The van der Waals surface area contributed by atoms with E-state index < -0.39 is 5.97 Å². The zero-order valence-electron chi connectivity index (χ0n) is 9.63. The van der Waals surface area contributed by atoms with Crippen LogP contribution in [-0.4, -0.2) is 28.3 Å². The van der Waals surface area contributed by atoms with Crippen LogP contribution in [0.1, 0.15) is 35.5 Å². The fourth-order valence-corrected chi connectivity index (χ4v) is 1.96. The number of rotatable bonds is 3. The maximum absolute atomic E-state index is 11.1. The second-order valence-corrected chi connectivity index (χ2v) is 4.52. The molecule has 2 rings (SSSR count). The van der Waals surface area contributed by atoms with E-state index in [1.807, 2.05) is 5.38 Å². The van der Waals surface area contributed by atoms with Crippen molar-refractivity contribution in [1.29, 1.82) is 0 Å². The predicted molar refractivity (Wildman–Crippen MR) is 60.8 cm³/mol. The van der Waals surface area contributed by atoms with Crippen LogP contribution in [0.4, 0.5) is 0 Å². The number of methoxy groups -OCH3 is 1. The number of hydrogen-bond donors (Lipinski definition) is 0. The van der Waals surface area contributed by atoms with Crippen LogP contribution in [-0.2, 0) is 4.74 Å². The van der Waals surface area contributed by atoms with Gasteiger partial charge in [0.25, 0.3) is 5.89 Å². The Morgan fingerprint density at radius 2 is 2.24 bits per heavy atom. The molecule has 0 amide bonds. The minimum absolute atomic E-state index is 0.165. The van der Waals surface area contributed by atoms with Crippen LogP contribution in [0.5, 0.6) is 0 Å². The fraction of sp³-hybridized carbons (Fsp3) is 0.400. The average Bonchev–Trinajstić information content (AvgIpc) is 2.95. The molecule has 2 aromatic heterocycles. The Labute approximate surface area is 102 Å². The van der Waals surface area contributed by atoms with Crippen LogP contribution < -0.4 is 0 Å². The predicted octanol–water partition coefficient (Wildman–Crippen LogP) is 2.10. The fourth-order valence-electron chi connectivity index (χ4n) is 1.15. The zero-order valence-corrected chi connectivity index (χ0v) is 10.4. The third-order valence-corrected chi connectivity index (χ3v) is 3.17. The van der Waals surface area contributed by atoms with Gasteiger partial charge >= 0.3 is 11.9 Å². The van der Waals surface area contributed by atoms with E-state index in [0.717, 1.165) is 5.01 Å². The van der Waals surface area contributed by atoms with Gasteiger partial charge in [-0.3, -0.25) is 0 Å². The summed E-state index contributed by atoms with van der Waals surface area (Å²) < 4.78 is 9.64.